The second kappa shape index (κ2) is 5.82. The summed E-state index contributed by atoms with van der Waals surface area (Å²) in [5.74, 6) is 1.07. The lowest BCUT2D eigenvalue weighted by atomic mass is 10.2. The summed E-state index contributed by atoms with van der Waals surface area (Å²) in [6.45, 7) is 1.91. The van der Waals surface area contributed by atoms with Gasteiger partial charge in [0, 0.05) is 26.1 Å². The standard InChI is InChI=1S/C12H17N5O2S/c18-10(17-7-5-13-11(17)19)8-20-12-15-14-9-4-2-1-3-6-16(9)12/h1-8H2,(H,13,19). The van der Waals surface area contributed by atoms with E-state index in [1.54, 1.807) is 0 Å². The van der Waals surface area contributed by atoms with Gasteiger partial charge < -0.3 is 9.88 Å². The molecule has 1 N–H and O–H groups in total. The monoisotopic (exact) mass is 295 g/mol. The first kappa shape index (κ1) is 13.4. The van der Waals surface area contributed by atoms with Gasteiger partial charge in [-0.25, -0.2) is 4.79 Å². The van der Waals surface area contributed by atoms with Gasteiger partial charge in [0.05, 0.1) is 5.75 Å². The van der Waals surface area contributed by atoms with E-state index in [0.717, 1.165) is 36.8 Å². The topological polar surface area (TPSA) is 80.1 Å². The number of hydrogen-bond donors (Lipinski definition) is 1. The lowest BCUT2D eigenvalue weighted by molar-refractivity contribution is -0.124. The summed E-state index contributed by atoms with van der Waals surface area (Å²) in [6, 6.07) is -0.296. The second-order valence-electron chi connectivity index (χ2n) is 4.93. The first-order valence-electron chi connectivity index (χ1n) is 6.89. The number of rotatable bonds is 3. The van der Waals surface area contributed by atoms with Crippen LogP contribution in [-0.2, 0) is 17.8 Å². The van der Waals surface area contributed by atoms with E-state index in [1.165, 1.54) is 23.1 Å². The molecule has 0 saturated carbocycles. The molecule has 2 aliphatic heterocycles. The van der Waals surface area contributed by atoms with Gasteiger partial charge in [0.25, 0.3) is 0 Å². The predicted molar refractivity (Wildman–Crippen MR) is 73.4 cm³/mol. The summed E-state index contributed by atoms with van der Waals surface area (Å²) < 4.78 is 2.11. The minimum atomic E-state index is -0.296. The zero-order valence-electron chi connectivity index (χ0n) is 11.2. The molecular formula is C12H17N5O2S. The van der Waals surface area contributed by atoms with Crippen LogP contribution in [0.3, 0.4) is 0 Å². The number of amides is 3. The molecule has 1 fully saturated rings. The van der Waals surface area contributed by atoms with Crippen LogP contribution in [-0.4, -0.2) is 50.4 Å². The highest BCUT2D eigenvalue weighted by Crippen LogP contribution is 2.22. The van der Waals surface area contributed by atoms with Crippen molar-refractivity contribution in [1.82, 2.24) is 25.0 Å². The Bertz CT molecular complexity index is 530. The minimum Gasteiger partial charge on any atom is -0.336 e. The van der Waals surface area contributed by atoms with Crippen LogP contribution in [0.5, 0.6) is 0 Å². The summed E-state index contributed by atoms with van der Waals surface area (Å²) in [6.07, 6.45) is 4.44. The first-order chi connectivity index (χ1) is 9.75. The molecule has 1 aromatic rings. The summed E-state index contributed by atoms with van der Waals surface area (Å²) in [7, 11) is 0. The maximum atomic E-state index is 12.0. The smallest absolute Gasteiger partial charge is 0.324 e. The molecule has 3 rings (SSSR count). The number of nitrogens with one attached hydrogen (secondary N) is 1. The highest BCUT2D eigenvalue weighted by Gasteiger charge is 2.26. The third-order valence-corrected chi connectivity index (χ3v) is 4.51. The zero-order valence-corrected chi connectivity index (χ0v) is 12.0. The summed E-state index contributed by atoms with van der Waals surface area (Å²) >= 11 is 1.37. The average molecular weight is 295 g/mol. The molecular weight excluding hydrogens is 278 g/mol. The van der Waals surface area contributed by atoms with Gasteiger partial charge in [-0.15, -0.1) is 10.2 Å². The fourth-order valence-corrected chi connectivity index (χ4v) is 3.34. The van der Waals surface area contributed by atoms with Crippen LogP contribution in [0.4, 0.5) is 4.79 Å². The van der Waals surface area contributed by atoms with Crippen molar-refractivity contribution in [2.24, 2.45) is 0 Å². The van der Waals surface area contributed by atoms with E-state index in [-0.39, 0.29) is 17.7 Å². The molecule has 0 atom stereocenters. The number of imide groups is 1. The van der Waals surface area contributed by atoms with E-state index in [9.17, 15) is 9.59 Å². The number of hydrogen-bond acceptors (Lipinski definition) is 5. The molecule has 0 radical (unpaired) electrons. The molecule has 0 spiro atoms. The van der Waals surface area contributed by atoms with Crippen molar-refractivity contribution < 1.29 is 9.59 Å². The number of carbonyl (C=O) groups is 2. The predicted octanol–water partition coefficient (Wildman–Crippen LogP) is 0.648. The van der Waals surface area contributed by atoms with Crippen LogP contribution in [0, 0.1) is 0 Å². The molecule has 0 bridgehead atoms. The Hall–Kier alpha value is -1.57. The van der Waals surface area contributed by atoms with Crippen LogP contribution in [0.15, 0.2) is 5.16 Å². The van der Waals surface area contributed by atoms with Crippen molar-refractivity contribution >= 4 is 23.7 Å². The van der Waals surface area contributed by atoms with Gasteiger partial charge in [-0.3, -0.25) is 9.69 Å². The molecule has 7 nitrogen and oxygen atoms in total. The Balaban J connectivity index is 1.62. The molecule has 20 heavy (non-hydrogen) atoms. The molecule has 108 valence electrons. The average Bonchev–Trinajstić information content (AvgIpc) is 2.96. The number of thioether (sulfide) groups is 1. The van der Waals surface area contributed by atoms with E-state index in [2.05, 4.69) is 20.1 Å². The maximum absolute atomic E-state index is 12.0. The molecule has 0 aromatic carbocycles. The third kappa shape index (κ3) is 2.65. The maximum Gasteiger partial charge on any atom is 0.324 e. The highest BCUT2D eigenvalue weighted by atomic mass is 32.2. The number of urea groups is 1. The summed E-state index contributed by atoms with van der Waals surface area (Å²) in [5.41, 5.74) is 0. The first-order valence-corrected chi connectivity index (χ1v) is 7.87. The SMILES string of the molecule is O=C(CSc1nnc2n1CCCCC2)N1CCNC1=O. The van der Waals surface area contributed by atoms with E-state index in [4.69, 9.17) is 0 Å². The lowest BCUT2D eigenvalue weighted by Gasteiger charge is -2.11. The van der Waals surface area contributed by atoms with Crippen molar-refractivity contribution in [3.63, 3.8) is 0 Å². The molecule has 1 aromatic heterocycles. The lowest BCUT2D eigenvalue weighted by Crippen LogP contribution is -2.35. The Morgan fingerprint density at radius 2 is 2.15 bits per heavy atom. The van der Waals surface area contributed by atoms with E-state index in [0.29, 0.717) is 13.1 Å². The van der Waals surface area contributed by atoms with E-state index < -0.39 is 0 Å². The number of aryl methyl sites for hydroxylation is 1. The highest BCUT2D eigenvalue weighted by molar-refractivity contribution is 7.99. The van der Waals surface area contributed by atoms with Gasteiger partial charge in [0.15, 0.2) is 5.16 Å². The normalized spacial score (nSPS) is 18.6. The number of fused-ring (bicyclic) bond motifs is 1. The van der Waals surface area contributed by atoms with Crippen molar-refractivity contribution in [3.8, 4) is 0 Å². The van der Waals surface area contributed by atoms with Gasteiger partial charge in [0.2, 0.25) is 5.91 Å². The van der Waals surface area contributed by atoms with Gasteiger partial charge in [-0.1, -0.05) is 18.2 Å². The summed E-state index contributed by atoms with van der Waals surface area (Å²) in [5, 5.41) is 11.8. The number of nitrogens with zero attached hydrogens (tertiary/aromatic N) is 4. The van der Waals surface area contributed by atoms with Crippen LogP contribution >= 0.6 is 11.8 Å². The Labute approximate surface area is 121 Å². The second-order valence-corrected chi connectivity index (χ2v) is 5.87. The van der Waals surface area contributed by atoms with Crippen LogP contribution in [0.2, 0.25) is 0 Å². The molecule has 1 saturated heterocycles. The molecule has 0 aliphatic carbocycles. The molecule has 8 heteroatoms. The Kier molecular flexibility index (Phi) is 3.90. The minimum absolute atomic E-state index is 0.170. The quantitative estimate of drug-likeness (QED) is 0.828. The van der Waals surface area contributed by atoms with Crippen molar-refractivity contribution in [1.29, 1.82) is 0 Å². The van der Waals surface area contributed by atoms with Gasteiger partial charge >= 0.3 is 6.03 Å². The summed E-state index contributed by atoms with van der Waals surface area (Å²) in [4.78, 5) is 24.6. The van der Waals surface area contributed by atoms with Crippen LogP contribution in [0.25, 0.3) is 0 Å². The van der Waals surface area contributed by atoms with Crippen molar-refractivity contribution in [2.75, 3.05) is 18.8 Å². The third-order valence-electron chi connectivity index (χ3n) is 3.56. The fraction of sp³-hybridized carbons (Fsp3) is 0.667. The molecule has 3 heterocycles. The fourth-order valence-electron chi connectivity index (χ4n) is 2.48. The Morgan fingerprint density at radius 1 is 1.25 bits per heavy atom. The van der Waals surface area contributed by atoms with Gasteiger partial charge in [-0.2, -0.15) is 0 Å². The van der Waals surface area contributed by atoms with Crippen molar-refractivity contribution in [3.05, 3.63) is 5.82 Å². The molecule has 3 amide bonds. The van der Waals surface area contributed by atoms with Gasteiger partial charge in [-0.05, 0) is 12.8 Å². The van der Waals surface area contributed by atoms with Gasteiger partial charge in [0.1, 0.15) is 5.82 Å². The Morgan fingerprint density at radius 3 is 2.95 bits per heavy atom. The van der Waals surface area contributed by atoms with E-state index >= 15 is 0 Å². The zero-order chi connectivity index (χ0) is 13.9. The molecule has 2 aliphatic rings. The van der Waals surface area contributed by atoms with E-state index in [1.807, 2.05) is 0 Å². The molecule has 0 unspecified atom stereocenters. The number of carbonyl (C=O) groups excluding carboxylic acids is 2. The van der Waals surface area contributed by atoms with Crippen LogP contribution < -0.4 is 5.32 Å². The largest absolute Gasteiger partial charge is 0.336 e. The van der Waals surface area contributed by atoms with Crippen LogP contribution in [0.1, 0.15) is 25.1 Å². The van der Waals surface area contributed by atoms with Crippen molar-refractivity contribution in [2.45, 2.75) is 37.4 Å². The number of aromatic nitrogens is 3.